The quantitative estimate of drug-likeness (QED) is 0.563. The number of rotatable bonds is 4. The maximum Gasteiger partial charge on any atom is 0.253 e. The molecule has 0 unspecified atom stereocenters. The van der Waals surface area contributed by atoms with Crippen molar-refractivity contribution in [3.63, 3.8) is 0 Å². The van der Waals surface area contributed by atoms with Gasteiger partial charge in [-0.25, -0.2) is 9.97 Å². The molecule has 5 rings (SSSR count). The van der Waals surface area contributed by atoms with Crippen LogP contribution >= 0.6 is 0 Å². The summed E-state index contributed by atoms with van der Waals surface area (Å²) in [6, 6.07) is 8.19. The lowest BCUT2D eigenvalue weighted by molar-refractivity contribution is -0.139. The minimum atomic E-state index is -0.0624. The Morgan fingerprint density at radius 3 is 2.85 bits per heavy atom. The van der Waals surface area contributed by atoms with Crippen molar-refractivity contribution in [1.82, 2.24) is 40.0 Å². The first kappa shape index (κ1) is 21.1. The van der Waals surface area contributed by atoms with E-state index >= 15 is 0 Å². The van der Waals surface area contributed by atoms with Crippen LogP contribution < -0.4 is 0 Å². The van der Waals surface area contributed by atoms with Gasteiger partial charge in [0.25, 0.3) is 5.95 Å². The van der Waals surface area contributed by atoms with E-state index in [1.165, 1.54) is 11.0 Å². The number of morpholine rings is 1. The van der Waals surface area contributed by atoms with Crippen molar-refractivity contribution in [2.24, 2.45) is 0 Å². The molecule has 33 heavy (non-hydrogen) atoms. The number of amides is 1. The monoisotopic (exact) mass is 445 g/mol. The third-order valence-corrected chi connectivity index (χ3v) is 6.29. The van der Waals surface area contributed by atoms with Crippen LogP contribution in [0.5, 0.6) is 0 Å². The van der Waals surface area contributed by atoms with Crippen molar-refractivity contribution in [2.45, 2.75) is 25.5 Å². The summed E-state index contributed by atoms with van der Waals surface area (Å²) in [7, 11) is 0. The van der Waals surface area contributed by atoms with E-state index in [1.54, 1.807) is 12.4 Å². The average molecular weight is 445 g/mol. The van der Waals surface area contributed by atoms with Gasteiger partial charge >= 0.3 is 0 Å². The van der Waals surface area contributed by atoms with Gasteiger partial charge in [-0.15, -0.1) is 5.10 Å². The molecule has 168 valence electrons. The van der Waals surface area contributed by atoms with Crippen LogP contribution in [0.1, 0.15) is 28.4 Å². The Labute approximate surface area is 190 Å². The minimum absolute atomic E-state index is 0.0492. The molecule has 0 bridgehead atoms. The van der Waals surface area contributed by atoms with E-state index < -0.39 is 0 Å². The van der Waals surface area contributed by atoms with E-state index in [0.717, 1.165) is 29.8 Å². The van der Waals surface area contributed by atoms with Crippen LogP contribution in [-0.2, 0) is 16.0 Å². The highest BCUT2D eigenvalue weighted by Gasteiger charge is 2.36. The Morgan fingerprint density at radius 2 is 2.09 bits per heavy atom. The summed E-state index contributed by atoms with van der Waals surface area (Å²) < 4.78 is 7.54. The number of benzene rings is 1. The lowest BCUT2D eigenvalue weighted by Gasteiger charge is -2.46. The Kier molecular flexibility index (Phi) is 5.77. The van der Waals surface area contributed by atoms with Crippen molar-refractivity contribution in [3.8, 4) is 12.0 Å². The van der Waals surface area contributed by atoms with Crippen molar-refractivity contribution >= 4 is 5.91 Å². The Morgan fingerprint density at radius 1 is 1.24 bits per heavy atom. The Bertz CT molecular complexity index is 1170. The normalized spacial score (nSPS) is 20.8. The van der Waals surface area contributed by atoms with Gasteiger partial charge in [0.15, 0.2) is 0 Å². The zero-order valence-electron chi connectivity index (χ0n) is 18.2. The number of aromatic nitrogens is 6. The van der Waals surface area contributed by atoms with Crippen molar-refractivity contribution < 1.29 is 9.53 Å². The minimum Gasteiger partial charge on any atom is -0.370 e. The molecule has 1 amide bonds. The predicted octanol–water partition coefficient (Wildman–Crippen LogP) is 0.459. The highest BCUT2D eigenvalue weighted by atomic mass is 16.5. The standard InChI is InChI=1S/C22H23N9O2/c1-15-17(8-23)3-2-4-19(15)20-12-29-5-6-30(11-18(29)13-33-20)21(32)7-16-9-24-22(25-10-16)31-14-26-27-28-31/h2-4,9-10,14,18,20H,5-7,11-13H2,1H3/t18-,20-/m0/s1. The first-order chi connectivity index (χ1) is 16.1. The number of nitrogens with zero attached hydrogens (tertiary/aromatic N) is 9. The lowest BCUT2D eigenvalue weighted by Crippen LogP contribution is -2.59. The second-order valence-electron chi connectivity index (χ2n) is 8.26. The second kappa shape index (κ2) is 9.01. The number of ether oxygens (including phenoxy) is 1. The van der Waals surface area contributed by atoms with Gasteiger partial charge in [0.2, 0.25) is 5.91 Å². The van der Waals surface area contributed by atoms with E-state index in [-0.39, 0.29) is 24.5 Å². The van der Waals surface area contributed by atoms with Gasteiger partial charge in [0.05, 0.1) is 36.8 Å². The highest BCUT2D eigenvalue weighted by molar-refractivity contribution is 5.78. The maximum absolute atomic E-state index is 12.9. The molecule has 1 aromatic carbocycles. The van der Waals surface area contributed by atoms with Gasteiger partial charge < -0.3 is 9.64 Å². The molecule has 11 nitrogen and oxygen atoms in total. The van der Waals surface area contributed by atoms with Gasteiger partial charge in [0.1, 0.15) is 6.33 Å². The lowest BCUT2D eigenvalue weighted by atomic mass is 9.96. The first-order valence-corrected chi connectivity index (χ1v) is 10.8. The molecule has 0 aliphatic carbocycles. The molecule has 2 saturated heterocycles. The summed E-state index contributed by atoms with van der Waals surface area (Å²) in [5, 5.41) is 20.2. The molecule has 2 aromatic heterocycles. The van der Waals surface area contributed by atoms with E-state index in [1.807, 2.05) is 30.0 Å². The number of nitriles is 1. The molecule has 0 radical (unpaired) electrons. The van der Waals surface area contributed by atoms with Gasteiger partial charge in [-0.2, -0.15) is 9.94 Å². The first-order valence-electron chi connectivity index (χ1n) is 10.8. The molecular weight excluding hydrogens is 422 g/mol. The van der Waals surface area contributed by atoms with Crippen LogP contribution in [0.4, 0.5) is 0 Å². The zero-order chi connectivity index (χ0) is 22.8. The average Bonchev–Trinajstić information content (AvgIpc) is 3.39. The highest BCUT2D eigenvalue weighted by Crippen LogP contribution is 2.30. The van der Waals surface area contributed by atoms with Crippen LogP contribution in [0.15, 0.2) is 36.9 Å². The van der Waals surface area contributed by atoms with Crippen LogP contribution in [0.3, 0.4) is 0 Å². The number of piperazine rings is 1. The summed E-state index contributed by atoms with van der Waals surface area (Å²) in [4.78, 5) is 25.6. The maximum atomic E-state index is 12.9. The summed E-state index contributed by atoms with van der Waals surface area (Å²) in [6.45, 7) is 5.37. The zero-order valence-corrected chi connectivity index (χ0v) is 18.2. The number of tetrazole rings is 1. The van der Waals surface area contributed by atoms with Gasteiger partial charge in [-0.05, 0) is 40.1 Å². The SMILES string of the molecule is Cc1c(C#N)cccc1[C@@H]1CN2CCN(C(=O)Cc3cnc(-n4cnnn4)nc3)C[C@H]2CO1. The number of carbonyl (C=O) groups excluding carboxylic acids is 1. The summed E-state index contributed by atoms with van der Waals surface area (Å²) in [5.74, 6) is 0.405. The predicted molar refractivity (Wildman–Crippen MR) is 115 cm³/mol. The molecule has 4 heterocycles. The molecule has 2 aliphatic rings. The molecule has 3 aromatic rings. The summed E-state index contributed by atoms with van der Waals surface area (Å²) >= 11 is 0. The third kappa shape index (κ3) is 4.30. The second-order valence-corrected chi connectivity index (χ2v) is 8.26. The van der Waals surface area contributed by atoms with E-state index in [0.29, 0.717) is 31.2 Å². The molecule has 0 spiro atoms. The molecule has 2 atom stereocenters. The van der Waals surface area contributed by atoms with Crippen molar-refractivity contribution in [2.75, 3.05) is 32.8 Å². The number of fused-ring (bicyclic) bond motifs is 1. The van der Waals surface area contributed by atoms with Gasteiger partial charge in [-0.3, -0.25) is 9.69 Å². The Hall–Kier alpha value is -3.75. The number of carbonyl (C=O) groups is 1. The van der Waals surface area contributed by atoms with Crippen LogP contribution in [0, 0.1) is 18.3 Å². The summed E-state index contributed by atoms with van der Waals surface area (Å²) in [5.41, 5.74) is 3.47. The third-order valence-electron chi connectivity index (χ3n) is 6.29. The smallest absolute Gasteiger partial charge is 0.253 e. The fourth-order valence-corrected chi connectivity index (χ4v) is 4.42. The molecule has 11 heteroatoms. The van der Waals surface area contributed by atoms with E-state index in [9.17, 15) is 10.1 Å². The van der Waals surface area contributed by atoms with Gasteiger partial charge in [0, 0.05) is 38.6 Å². The van der Waals surface area contributed by atoms with Crippen LogP contribution in [0.2, 0.25) is 0 Å². The van der Waals surface area contributed by atoms with Gasteiger partial charge in [-0.1, -0.05) is 12.1 Å². The fraction of sp³-hybridized carbons (Fsp3) is 0.409. The molecule has 0 N–H and O–H groups in total. The molecular formula is C22H23N9O2. The van der Waals surface area contributed by atoms with Crippen LogP contribution in [0.25, 0.3) is 5.95 Å². The molecule has 2 fully saturated rings. The van der Waals surface area contributed by atoms with Crippen molar-refractivity contribution in [3.05, 3.63) is 59.2 Å². The Balaban J connectivity index is 1.18. The largest absolute Gasteiger partial charge is 0.370 e. The van der Waals surface area contributed by atoms with E-state index in [2.05, 4.69) is 36.5 Å². The van der Waals surface area contributed by atoms with Crippen molar-refractivity contribution in [1.29, 1.82) is 5.26 Å². The molecule has 2 aliphatic heterocycles. The number of hydrogen-bond acceptors (Lipinski definition) is 9. The van der Waals surface area contributed by atoms with E-state index in [4.69, 9.17) is 4.74 Å². The van der Waals surface area contributed by atoms with Crippen LogP contribution in [-0.4, -0.2) is 84.7 Å². The topological polar surface area (TPSA) is 126 Å². The fourth-order valence-electron chi connectivity index (χ4n) is 4.42. The summed E-state index contributed by atoms with van der Waals surface area (Å²) in [6.07, 6.45) is 4.85. The number of hydrogen-bond donors (Lipinski definition) is 0. The molecule has 0 saturated carbocycles.